The van der Waals surface area contributed by atoms with E-state index in [0.29, 0.717) is 19.5 Å². The molecule has 0 aliphatic carbocycles. The number of hydrogen-bond acceptors (Lipinski definition) is 3. The van der Waals surface area contributed by atoms with Crippen LogP contribution in [0.25, 0.3) is 0 Å². The Hall–Kier alpha value is -1.10. The van der Waals surface area contributed by atoms with E-state index in [2.05, 4.69) is 5.32 Å². The zero-order valence-electron chi connectivity index (χ0n) is 9.32. The predicted octanol–water partition coefficient (Wildman–Crippen LogP) is -0.682. The van der Waals surface area contributed by atoms with Gasteiger partial charge in [0.1, 0.15) is 6.04 Å². The Bertz CT molecular complexity index is 255. The maximum absolute atomic E-state index is 11.8. The highest BCUT2D eigenvalue weighted by Gasteiger charge is 2.37. The van der Waals surface area contributed by atoms with E-state index in [9.17, 15) is 9.59 Å². The molecular weight excluding hydrogens is 194 g/mol. The molecule has 2 amide bonds. The minimum atomic E-state index is -0.398. The Labute approximate surface area is 90.0 Å². The third-order valence-corrected chi connectivity index (χ3v) is 2.75. The monoisotopic (exact) mass is 213 g/mol. The van der Waals surface area contributed by atoms with E-state index in [0.717, 1.165) is 6.54 Å². The SMILES string of the molecule is CCNCC(C)C(=O)N1CCC1C(N)=O. The first-order valence-electron chi connectivity index (χ1n) is 5.38. The fraction of sp³-hybridized carbons (Fsp3) is 0.800. The summed E-state index contributed by atoms with van der Waals surface area (Å²) in [5.74, 6) is -0.469. The van der Waals surface area contributed by atoms with Gasteiger partial charge in [-0.2, -0.15) is 0 Å². The van der Waals surface area contributed by atoms with E-state index < -0.39 is 5.91 Å². The zero-order chi connectivity index (χ0) is 11.4. The number of nitrogens with zero attached hydrogens (tertiary/aromatic N) is 1. The number of hydrogen-bond donors (Lipinski definition) is 2. The molecule has 0 radical (unpaired) electrons. The van der Waals surface area contributed by atoms with Gasteiger partial charge in [0.05, 0.1) is 0 Å². The van der Waals surface area contributed by atoms with Gasteiger partial charge in [0.15, 0.2) is 0 Å². The Morgan fingerprint density at radius 3 is 2.67 bits per heavy atom. The van der Waals surface area contributed by atoms with Crippen LogP contribution in [0.3, 0.4) is 0 Å². The van der Waals surface area contributed by atoms with Gasteiger partial charge in [-0.15, -0.1) is 0 Å². The smallest absolute Gasteiger partial charge is 0.240 e. The van der Waals surface area contributed by atoms with Crippen molar-refractivity contribution in [3.8, 4) is 0 Å². The lowest BCUT2D eigenvalue weighted by Crippen LogP contribution is -2.59. The third kappa shape index (κ3) is 2.68. The summed E-state index contributed by atoms with van der Waals surface area (Å²) in [6, 6.07) is -0.374. The predicted molar refractivity (Wildman–Crippen MR) is 57.0 cm³/mol. The number of carbonyl (C=O) groups is 2. The molecule has 1 fully saturated rings. The third-order valence-electron chi connectivity index (χ3n) is 2.75. The zero-order valence-corrected chi connectivity index (χ0v) is 9.32. The minimum Gasteiger partial charge on any atom is -0.368 e. The van der Waals surface area contributed by atoms with Crippen LogP contribution in [0.1, 0.15) is 20.3 Å². The minimum absolute atomic E-state index is 0.0194. The van der Waals surface area contributed by atoms with Crippen LogP contribution in [0.4, 0.5) is 0 Å². The Morgan fingerprint density at radius 2 is 2.27 bits per heavy atom. The van der Waals surface area contributed by atoms with Crippen molar-refractivity contribution in [3.05, 3.63) is 0 Å². The average Bonchev–Trinajstić information content (AvgIpc) is 2.11. The van der Waals surface area contributed by atoms with Crippen LogP contribution in [0.15, 0.2) is 0 Å². The lowest BCUT2D eigenvalue weighted by molar-refractivity contribution is -0.148. The number of primary amides is 1. The molecule has 0 saturated carbocycles. The van der Waals surface area contributed by atoms with Gasteiger partial charge in [-0.3, -0.25) is 9.59 Å². The highest BCUT2D eigenvalue weighted by molar-refractivity contribution is 5.89. The molecule has 0 aromatic heterocycles. The molecule has 1 aliphatic heterocycles. The maximum Gasteiger partial charge on any atom is 0.240 e. The van der Waals surface area contributed by atoms with Gasteiger partial charge >= 0.3 is 0 Å². The lowest BCUT2D eigenvalue weighted by atomic mass is 9.99. The first kappa shape index (κ1) is 12.0. The highest BCUT2D eigenvalue weighted by Crippen LogP contribution is 2.19. The van der Waals surface area contributed by atoms with Gasteiger partial charge in [-0.25, -0.2) is 0 Å². The average molecular weight is 213 g/mol. The molecule has 0 aromatic rings. The van der Waals surface area contributed by atoms with Crippen LogP contribution < -0.4 is 11.1 Å². The summed E-state index contributed by atoms with van der Waals surface area (Å²) < 4.78 is 0. The van der Waals surface area contributed by atoms with Crippen molar-refractivity contribution < 1.29 is 9.59 Å². The fourth-order valence-corrected chi connectivity index (χ4v) is 1.68. The van der Waals surface area contributed by atoms with Gasteiger partial charge in [-0.1, -0.05) is 13.8 Å². The van der Waals surface area contributed by atoms with E-state index in [4.69, 9.17) is 5.73 Å². The molecule has 5 nitrogen and oxygen atoms in total. The Kier molecular flexibility index (Phi) is 4.08. The Morgan fingerprint density at radius 1 is 1.60 bits per heavy atom. The molecule has 15 heavy (non-hydrogen) atoms. The molecule has 2 atom stereocenters. The molecule has 1 heterocycles. The van der Waals surface area contributed by atoms with Crippen molar-refractivity contribution in [2.75, 3.05) is 19.6 Å². The van der Waals surface area contributed by atoms with Crippen molar-refractivity contribution in [2.24, 2.45) is 11.7 Å². The standard InChI is InChI=1S/C10H19N3O2/c1-3-12-6-7(2)10(15)13-5-4-8(13)9(11)14/h7-8,12H,3-6H2,1-2H3,(H2,11,14). The van der Waals surface area contributed by atoms with Crippen molar-refractivity contribution in [1.82, 2.24) is 10.2 Å². The van der Waals surface area contributed by atoms with Crippen LogP contribution in [0.5, 0.6) is 0 Å². The van der Waals surface area contributed by atoms with Crippen LogP contribution in [0, 0.1) is 5.92 Å². The molecule has 0 bridgehead atoms. The highest BCUT2D eigenvalue weighted by atomic mass is 16.2. The maximum atomic E-state index is 11.8. The van der Waals surface area contributed by atoms with Crippen LogP contribution >= 0.6 is 0 Å². The summed E-state index contributed by atoms with van der Waals surface area (Å²) in [4.78, 5) is 24.3. The fourth-order valence-electron chi connectivity index (χ4n) is 1.68. The van der Waals surface area contributed by atoms with Crippen molar-refractivity contribution in [2.45, 2.75) is 26.3 Å². The van der Waals surface area contributed by atoms with Crippen LogP contribution in [0.2, 0.25) is 0 Å². The number of rotatable bonds is 5. The second kappa shape index (κ2) is 5.11. The topological polar surface area (TPSA) is 75.4 Å². The van der Waals surface area contributed by atoms with Gasteiger partial charge in [0.2, 0.25) is 11.8 Å². The molecule has 86 valence electrons. The molecule has 0 spiro atoms. The molecule has 1 rings (SSSR count). The molecule has 1 aliphatic rings. The summed E-state index contributed by atoms with van der Waals surface area (Å²) in [5, 5.41) is 3.11. The largest absolute Gasteiger partial charge is 0.368 e. The lowest BCUT2D eigenvalue weighted by Gasteiger charge is -2.40. The summed E-state index contributed by atoms with van der Waals surface area (Å²) in [6.07, 6.45) is 0.703. The number of nitrogens with one attached hydrogen (secondary N) is 1. The normalized spacial score (nSPS) is 22.0. The van der Waals surface area contributed by atoms with Crippen molar-refractivity contribution >= 4 is 11.8 Å². The van der Waals surface area contributed by atoms with Gasteiger partial charge in [0.25, 0.3) is 0 Å². The van der Waals surface area contributed by atoms with Gasteiger partial charge in [-0.05, 0) is 13.0 Å². The molecule has 0 aromatic carbocycles. The van der Waals surface area contributed by atoms with Crippen LogP contribution in [-0.4, -0.2) is 42.4 Å². The quantitative estimate of drug-likeness (QED) is 0.635. The number of likely N-dealkylation sites (tertiary alicyclic amines) is 1. The van der Waals surface area contributed by atoms with E-state index in [1.165, 1.54) is 0 Å². The van der Waals surface area contributed by atoms with Crippen molar-refractivity contribution in [1.29, 1.82) is 0 Å². The van der Waals surface area contributed by atoms with E-state index in [1.54, 1.807) is 4.90 Å². The first-order valence-corrected chi connectivity index (χ1v) is 5.38. The Balaban J connectivity index is 2.43. The summed E-state index contributed by atoms with van der Waals surface area (Å²) in [5.41, 5.74) is 5.18. The molecule has 3 N–H and O–H groups in total. The van der Waals surface area contributed by atoms with E-state index in [1.807, 2.05) is 13.8 Å². The van der Waals surface area contributed by atoms with E-state index >= 15 is 0 Å². The second-order valence-electron chi connectivity index (χ2n) is 3.95. The van der Waals surface area contributed by atoms with Gasteiger partial charge < -0.3 is 16.0 Å². The molecular formula is C10H19N3O2. The van der Waals surface area contributed by atoms with Gasteiger partial charge in [0, 0.05) is 19.0 Å². The molecule has 5 heteroatoms. The summed E-state index contributed by atoms with van der Waals surface area (Å²) >= 11 is 0. The summed E-state index contributed by atoms with van der Waals surface area (Å²) in [7, 11) is 0. The second-order valence-corrected chi connectivity index (χ2v) is 3.95. The first-order chi connectivity index (χ1) is 7.07. The number of nitrogens with two attached hydrogens (primary N) is 1. The van der Waals surface area contributed by atoms with E-state index in [-0.39, 0.29) is 17.9 Å². The van der Waals surface area contributed by atoms with Crippen molar-refractivity contribution in [3.63, 3.8) is 0 Å². The molecule has 2 unspecified atom stereocenters. The van der Waals surface area contributed by atoms with Crippen LogP contribution in [-0.2, 0) is 9.59 Å². The number of carbonyl (C=O) groups excluding carboxylic acids is 2. The molecule has 1 saturated heterocycles. The summed E-state index contributed by atoms with van der Waals surface area (Å²) in [6.45, 7) is 6.01. The number of amides is 2.